The van der Waals surface area contributed by atoms with Crippen molar-refractivity contribution in [3.8, 4) is 0 Å². The third kappa shape index (κ3) is 7.45. The lowest BCUT2D eigenvalue weighted by atomic mass is 10.1. The normalized spacial score (nSPS) is 11.3. The van der Waals surface area contributed by atoms with Gasteiger partial charge in [0.25, 0.3) is 0 Å². The monoisotopic (exact) mass is 343 g/mol. The fourth-order valence-corrected chi connectivity index (χ4v) is 1.96. The first kappa shape index (κ1) is 21.4. The molecule has 2 N–H and O–H groups in total. The number of nitrogens with zero attached hydrogens (tertiary/aromatic N) is 2. The van der Waals surface area contributed by atoms with E-state index in [9.17, 15) is 9.59 Å². The van der Waals surface area contributed by atoms with Crippen LogP contribution in [-0.2, 0) is 20.7 Å². The lowest BCUT2D eigenvalue weighted by Gasteiger charge is -2.26. The number of nitrogens with two attached hydrogens (primary N) is 1. The predicted octanol–water partition coefficient (Wildman–Crippen LogP) is 0.541. The second-order valence-electron chi connectivity index (χ2n) is 5.34. The average Bonchev–Trinajstić information content (AvgIpc) is 2.51. The van der Waals surface area contributed by atoms with Crippen molar-refractivity contribution in [2.45, 2.75) is 12.5 Å². The number of hydrogen-bond donors (Lipinski definition) is 1. The molecule has 1 unspecified atom stereocenters. The molecule has 0 aliphatic rings. The van der Waals surface area contributed by atoms with Crippen molar-refractivity contribution in [1.29, 1.82) is 0 Å². The van der Waals surface area contributed by atoms with Crippen molar-refractivity contribution in [2.24, 2.45) is 5.73 Å². The van der Waals surface area contributed by atoms with Gasteiger partial charge in [0.2, 0.25) is 11.8 Å². The Labute approximate surface area is 144 Å². The van der Waals surface area contributed by atoms with Gasteiger partial charge in [-0.25, -0.2) is 0 Å². The Balaban J connectivity index is 0.00000484. The van der Waals surface area contributed by atoms with Gasteiger partial charge in [0.05, 0.1) is 19.2 Å². The van der Waals surface area contributed by atoms with Crippen molar-refractivity contribution in [2.75, 3.05) is 40.9 Å². The van der Waals surface area contributed by atoms with Gasteiger partial charge in [0.15, 0.2) is 0 Å². The lowest BCUT2D eigenvalue weighted by molar-refractivity contribution is -0.140. The molecule has 23 heavy (non-hydrogen) atoms. The van der Waals surface area contributed by atoms with Gasteiger partial charge in [-0.3, -0.25) is 9.59 Å². The molecular formula is C16H26ClN3O3. The van der Waals surface area contributed by atoms with Crippen LogP contribution in [0.15, 0.2) is 30.3 Å². The van der Waals surface area contributed by atoms with Crippen LogP contribution < -0.4 is 5.73 Å². The number of hydrogen-bond acceptors (Lipinski definition) is 4. The summed E-state index contributed by atoms with van der Waals surface area (Å²) in [5.41, 5.74) is 7.01. The van der Waals surface area contributed by atoms with Gasteiger partial charge in [-0.05, 0) is 12.0 Å². The second kappa shape index (κ2) is 11.0. The zero-order valence-electron chi connectivity index (χ0n) is 13.9. The maximum atomic E-state index is 12.5. The Morgan fingerprint density at radius 3 is 2.35 bits per heavy atom. The van der Waals surface area contributed by atoms with Crippen LogP contribution in [0.25, 0.3) is 0 Å². The number of amides is 2. The topological polar surface area (TPSA) is 75.9 Å². The summed E-state index contributed by atoms with van der Waals surface area (Å²) in [6.07, 6.45) is 0.444. The molecule has 1 aromatic carbocycles. The zero-order chi connectivity index (χ0) is 16.5. The van der Waals surface area contributed by atoms with Gasteiger partial charge >= 0.3 is 0 Å². The van der Waals surface area contributed by atoms with E-state index in [1.807, 2.05) is 30.3 Å². The van der Waals surface area contributed by atoms with Gasteiger partial charge < -0.3 is 20.3 Å². The standard InChI is InChI=1S/C16H25N3O3.ClH/c1-18(2)15(20)12-19(9-10-22-3)16(21)14(17)11-13-7-5-4-6-8-13;/h4-8,14H,9-12,17H2,1-3H3;1H. The molecule has 7 heteroatoms. The molecule has 0 saturated heterocycles. The van der Waals surface area contributed by atoms with E-state index >= 15 is 0 Å². The van der Waals surface area contributed by atoms with E-state index in [-0.39, 0.29) is 30.8 Å². The van der Waals surface area contributed by atoms with Gasteiger partial charge in [-0.15, -0.1) is 12.4 Å². The molecule has 1 aromatic rings. The van der Waals surface area contributed by atoms with E-state index in [1.165, 1.54) is 9.80 Å². The number of likely N-dealkylation sites (N-methyl/N-ethyl adjacent to an activating group) is 1. The molecule has 0 heterocycles. The summed E-state index contributed by atoms with van der Waals surface area (Å²) >= 11 is 0. The summed E-state index contributed by atoms with van der Waals surface area (Å²) in [5.74, 6) is -0.382. The van der Waals surface area contributed by atoms with Crippen LogP contribution >= 0.6 is 12.4 Å². The van der Waals surface area contributed by atoms with Gasteiger partial charge in [-0.2, -0.15) is 0 Å². The van der Waals surface area contributed by atoms with E-state index in [2.05, 4.69) is 0 Å². The SMILES string of the molecule is COCCN(CC(=O)N(C)C)C(=O)C(N)Cc1ccccc1.Cl. The summed E-state index contributed by atoms with van der Waals surface area (Å²) in [6.45, 7) is 0.722. The number of halogens is 1. The van der Waals surface area contributed by atoms with Gasteiger partial charge in [0.1, 0.15) is 0 Å². The van der Waals surface area contributed by atoms with Crippen LogP contribution in [0.3, 0.4) is 0 Å². The summed E-state index contributed by atoms with van der Waals surface area (Å²) < 4.78 is 5.00. The van der Waals surface area contributed by atoms with Gasteiger partial charge in [-0.1, -0.05) is 30.3 Å². The van der Waals surface area contributed by atoms with Crippen LogP contribution in [0.2, 0.25) is 0 Å². The first-order valence-corrected chi connectivity index (χ1v) is 7.23. The lowest BCUT2D eigenvalue weighted by Crippen LogP contribution is -2.49. The molecular weight excluding hydrogens is 318 g/mol. The Hall–Kier alpha value is -1.63. The van der Waals surface area contributed by atoms with E-state index < -0.39 is 6.04 Å². The fourth-order valence-electron chi connectivity index (χ4n) is 1.96. The summed E-state index contributed by atoms with van der Waals surface area (Å²) in [7, 11) is 4.87. The first-order valence-electron chi connectivity index (χ1n) is 7.23. The molecule has 0 aliphatic carbocycles. The number of rotatable bonds is 8. The summed E-state index contributed by atoms with van der Waals surface area (Å²) in [4.78, 5) is 27.3. The van der Waals surface area contributed by atoms with Crippen LogP contribution in [0.4, 0.5) is 0 Å². The van der Waals surface area contributed by atoms with Crippen LogP contribution in [-0.4, -0.2) is 68.6 Å². The van der Waals surface area contributed by atoms with Crippen molar-refractivity contribution in [3.05, 3.63) is 35.9 Å². The third-order valence-electron chi connectivity index (χ3n) is 3.32. The minimum Gasteiger partial charge on any atom is -0.383 e. The number of benzene rings is 1. The predicted molar refractivity (Wildman–Crippen MR) is 92.5 cm³/mol. The largest absolute Gasteiger partial charge is 0.383 e. The minimum atomic E-state index is -0.672. The van der Waals surface area contributed by atoms with Crippen LogP contribution in [0.1, 0.15) is 5.56 Å². The van der Waals surface area contributed by atoms with E-state index in [4.69, 9.17) is 10.5 Å². The summed E-state index contributed by atoms with van der Waals surface area (Å²) in [6, 6.07) is 8.91. The Bertz CT molecular complexity index is 483. The van der Waals surface area contributed by atoms with Gasteiger partial charge in [0, 0.05) is 27.7 Å². The first-order chi connectivity index (χ1) is 10.5. The molecule has 1 atom stereocenters. The molecule has 1 rings (SSSR count). The molecule has 0 aromatic heterocycles. The average molecular weight is 344 g/mol. The number of carbonyl (C=O) groups is 2. The van der Waals surface area contributed by atoms with Crippen molar-refractivity contribution in [3.63, 3.8) is 0 Å². The zero-order valence-corrected chi connectivity index (χ0v) is 14.7. The highest BCUT2D eigenvalue weighted by Crippen LogP contribution is 2.05. The highest BCUT2D eigenvalue weighted by molar-refractivity contribution is 5.87. The third-order valence-corrected chi connectivity index (χ3v) is 3.32. The van der Waals surface area contributed by atoms with E-state index in [0.717, 1.165) is 5.56 Å². The smallest absolute Gasteiger partial charge is 0.241 e. The minimum absolute atomic E-state index is 0. The molecule has 0 bridgehead atoms. The molecule has 0 radical (unpaired) electrons. The molecule has 130 valence electrons. The van der Waals surface area contributed by atoms with E-state index in [0.29, 0.717) is 19.6 Å². The maximum absolute atomic E-state index is 12.5. The Morgan fingerprint density at radius 1 is 1.22 bits per heavy atom. The van der Waals surface area contributed by atoms with Crippen LogP contribution in [0.5, 0.6) is 0 Å². The molecule has 0 saturated carbocycles. The maximum Gasteiger partial charge on any atom is 0.241 e. The molecule has 0 spiro atoms. The second-order valence-corrected chi connectivity index (χ2v) is 5.34. The highest BCUT2D eigenvalue weighted by Gasteiger charge is 2.23. The molecule has 0 fully saturated rings. The Kier molecular flexibility index (Phi) is 10.2. The number of carbonyl (C=O) groups excluding carboxylic acids is 2. The van der Waals surface area contributed by atoms with Crippen molar-refractivity contribution >= 4 is 24.2 Å². The Morgan fingerprint density at radius 2 is 1.83 bits per heavy atom. The highest BCUT2D eigenvalue weighted by atomic mass is 35.5. The number of ether oxygens (including phenoxy) is 1. The van der Waals surface area contributed by atoms with Crippen LogP contribution in [0, 0.1) is 0 Å². The van der Waals surface area contributed by atoms with Crippen molar-refractivity contribution in [1.82, 2.24) is 9.80 Å². The fraction of sp³-hybridized carbons (Fsp3) is 0.500. The molecule has 0 aliphatic heterocycles. The quantitative estimate of drug-likeness (QED) is 0.747. The van der Waals surface area contributed by atoms with Crippen molar-refractivity contribution < 1.29 is 14.3 Å². The molecule has 6 nitrogen and oxygen atoms in total. The molecule has 2 amide bonds. The number of methoxy groups -OCH3 is 1. The van der Waals surface area contributed by atoms with E-state index in [1.54, 1.807) is 21.2 Å². The summed E-state index contributed by atoms with van der Waals surface area (Å²) in [5, 5.41) is 0.